The topological polar surface area (TPSA) is 32.7 Å². The van der Waals surface area contributed by atoms with Gasteiger partial charge in [0.05, 0.1) is 6.42 Å². The van der Waals surface area contributed by atoms with Crippen LogP contribution in [-0.4, -0.2) is 23.7 Å². The first kappa shape index (κ1) is 7.25. The fraction of sp³-hybridized carbons (Fsp3) is 0.714. The summed E-state index contributed by atoms with van der Waals surface area (Å²) < 4.78 is 0. The molecule has 1 rings (SSSR count). The summed E-state index contributed by atoms with van der Waals surface area (Å²) in [5, 5.41) is 5.45. The van der Waals surface area contributed by atoms with E-state index in [1.54, 1.807) is 6.21 Å². The van der Waals surface area contributed by atoms with E-state index in [2.05, 4.69) is 18.9 Å². The first-order valence-corrected chi connectivity index (χ1v) is 3.53. The van der Waals surface area contributed by atoms with Crippen molar-refractivity contribution in [3.8, 4) is 0 Å². The third-order valence-corrected chi connectivity index (χ3v) is 1.31. The molecule has 56 valence electrons. The molecule has 0 radical (unpaired) electrons. The monoisotopic (exact) mass is 140 g/mol. The number of carbonyl (C=O) groups excluding carboxylic acids is 1. The second kappa shape index (κ2) is 2.82. The lowest BCUT2D eigenvalue weighted by atomic mass is 10.2. The maximum absolute atomic E-state index is 10.9. The van der Waals surface area contributed by atoms with Crippen LogP contribution >= 0.6 is 0 Å². The van der Waals surface area contributed by atoms with Crippen molar-refractivity contribution in [3.05, 3.63) is 0 Å². The van der Waals surface area contributed by atoms with Crippen molar-refractivity contribution < 1.29 is 4.79 Å². The van der Waals surface area contributed by atoms with Crippen molar-refractivity contribution in [1.82, 2.24) is 5.01 Å². The van der Waals surface area contributed by atoms with E-state index in [1.165, 1.54) is 5.01 Å². The Morgan fingerprint density at radius 3 is 2.90 bits per heavy atom. The van der Waals surface area contributed by atoms with Crippen molar-refractivity contribution in [3.63, 3.8) is 0 Å². The SMILES string of the molecule is CC(C)CN1N=CCC1=O. The summed E-state index contributed by atoms with van der Waals surface area (Å²) in [6.07, 6.45) is 2.14. The lowest BCUT2D eigenvalue weighted by molar-refractivity contribution is -0.129. The number of nitrogens with zero attached hydrogens (tertiary/aromatic N) is 2. The van der Waals surface area contributed by atoms with E-state index in [0.717, 1.165) is 6.54 Å². The van der Waals surface area contributed by atoms with E-state index in [4.69, 9.17) is 0 Å². The highest BCUT2D eigenvalue weighted by molar-refractivity contribution is 5.93. The van der Waals surface area contributed by atoms with Crippen LogP contribution in [-0.2, 0) is 4.79 Å². The van der Waals surface area contributed by atoms with Gasteiger partial charge in [0, 0.05) is 12.8 Å². The van der Waals surface area contributed by atoms with Crippen LogP contribution in [0.3, 0.4) is 0 Å². The number of rotatable bonds is 2. The molecular weight excluding hydrogens is 128 g/mol. The van der Waals surface area contributed by atoms with Crippen LogP contribution in [0.15, 0.2) is 5.10 Å². The summed E-state index contributed by atoms with van der Waals surface area (Å²) in [6, 6.07) is 0. The third-order valence-electron chi connectivity index (χ3n) is 1.31. The van der Waals surface area contributed by atoms with Gasteiger partial charge in [0.1, 0.15) is 0 Å². The second-order valence-corrected chi connectivity index (χ2v) is 2.87. The Balaban J connectivity index is 2.41. The van der Waals surface area contributed by atoms with Gasteiger partial charge in [0.15, 0.2) is 0 Å². The van der Waals surface area contributed by atoms with Crippen molar-refractivity contribution in [2.45, 2.75) is 20.3 Å². The standard InChI is InChI=1S/C7H12N2O/c1-6(2)5-9-7(10)3-4-8-9/h4,6H,3,5H2,1-2H3. The van der Waals surface area contributed by atoms with Gasteiger partial charge in [-0.2, -0.15) is 5.10 Å². The molecule has 0 spiro atoms. The molecule has 3 nitrogen and oxygen atoms in total. The molecule has 0 aromatic heterocycles. The lowest BCUT2D eigenvalue weighted by Gasteiger charge is -2.13. The molecule has 0 saturated carbocycles. The van der Waals surface area contributed by atoms with Crippen molar-refractivity contribution in [1.29, 1.82) is 0 Å². The van der Waals surface area contributed by atoms with Crippen LogP contribution in [0, 0.1) is 5.92 Å². The molecule has 3 heteroatoms. The van der Waals surface area contributed by atoms with Gasteiger partial charge < -0.3 is 0 Å². The highest BCUT2D eigenvalue weighted by Gasteiger charge is 2.16. The smallest absolute Gasteiger partial charge is 0.248 e. The average molecular weight is 140 g/mol. The van der Waals surface area contributed by atoms with Crippen LogP contribution in [0.25, 0.3) is 0 Å². The largest absolute Gasteiger partial charge is 0.273 e. The minimum Gasteiger partial charge on any atom is -0.273 e. The number of hydrazone groups is 1. The van der Waals surface area contributed by atoms with Gasteiger partial charge in [-0.1, -0.05) is 13.8 Å². The second-order valence-electron chi connectivity index (χ2n) is 2.87. The van der Waals surface area contributed by atoms with Gasteiger partial charge >= 0.3 is 0 Å². The highest BCUT2D eigenvalue weighted by atomic mass is 16.2. The van der Waals surface area contributed by atoms with E-state index in [0.29, 0.717) is 12.3 Å². The molecule has 0 aromatic carbocycles. The summed E-state index contributed by atoms with van der Waals surface area (Å²) >= 11 is 0. The Bertz CT molecular complexity index is 163. The molecule has 0 unspecified atom stereocenters. The Morgan fingerprint density at radius 1 is 1.80 bits per heavy atom. The normalized spacial score (nSPS) is 17.5. The van der Waals surface area contributed by atoms with E-state index in [1.807, 2.05) is 0 Å². The Hall–Kier alpha value is -0.860. The van der Waals surface area contributed by atoms with E-state index < -0.39 is 0 Å². The number of hydrogen-bond acceptors (Lipinski definition) is 2. The molecule has 1 aliphatic rings. The molecule has 0 bridgehead atoms. The molecule has 0 aromatic rings. The zero-order valence-electron chi connectivity index (χ0n) is 6.37. The number of hydrogen-bond donors (Lipinski definition) is 0. The van der Waals surface area contributed by atoms with Gasteiger partial charge in [0.25, 0.3) is 0 Å². The zero-order chi connectivity index (χ0) is 7.56. The number of carbonyl (C=O) groups is 1. The summed E-state index contributed by atoms with van der Waals surface area (Å²) in [5.74, 6) is 0.618. The molecule has 0 atom stereocenters. The van der Waals surface area contributed by atoms with Gasteiger partial charge in [-0.25, -0.2) is 5.01 Å². The highest BCUT2D eigenvalue weighted by Crippen LogP contribution is 2.05. The molecule has 1 amide bonds. The van der Waals surface area contributed by atoms with Gasteiger partial charge in [-0.05, 0) is 5.92 Å². The predicted molar refractivity (Wildman–Crippen MR) is 39.7 cm³/mol. The minimum atomic E-state index is 0.119. The first-order chi connectivity index (χ1) is 4.70. The molecule has 0 N–H and O–H groups in total. The van der Waals surface area contributed by atoms with Crippen molar-refractivity contribution >= 4 is 12.1 Å². The van der Waals surface area contributed by atoms with E-state index in [9.17, 15) is 4.79 Å². The maximum atomic E-state index is 10.9. The first-order valence-electron chi connectivity index (χ1n) is 3.53. The van der Waals surface area contributed by atoms with Gasteiger partial charge in [-0.15, -0.1) is 0 Å². The Kier molecular flexibility index (Phi) is 2.04. The molecule has 0 saturated heterocycles. The van der Waals surface area contributed by atoms with Crippen LogP contribution in [0.2, 0.25) is 0 Å². The predicted octanol–water partition coefficient (Wildman–Crippen LogP) is 0.861. The van der Waals surface area contributed by atoms with Crippen LogP contribution in [0.4, 0.5) is 0 Å². The maximum Gasteiger partial charge on any atom is 0.248 e. The molecule has 1 aliphatic heterocycles. The van der Waals surface area contributed by atoms with Crippen LogP contribution < -0.4 is 0 Å². The molecule has 0 aliphatic carbocycles. The summed E-state index contributed by atoms with van der Waals surface area (Å²) in [5.41, 5.74) is 0. The molecule has 10 heavy (non-hydrogen) atoms. The Morgan fingerprint density at radius 2 is 2.50 bits per heavy atom. The fourth-order valence-corrected chi connectivity index (χ4v) is 0.882. The van der Waals surface area contributed by atoms with Gasteiger partial charge in [-0.3, -0.25) is 4.79 Å². The minimum absolute atomic E-state index is 0.119. The van der Waals surface area contributed by atoms with Gasteiger partial charge in [0.2, 0.25) is 5.91 Å². The van der Waals surface area contributed by atoms with Crippen molar-refractivity contribution in [2.75, 3.05) is 6.54 Å². The average Bonchev–Trinajstić information content (AvgIpc) is 2.15. The number of amides is 1. The van der Waals surface area contributed by atoms with E-state index in [-0.39, 0.29) is 5.91 Å². The van der Waals surface area contributed by atoms with Crippen LogP contribution in [0.5, 0.6) is 0 Å². The molecular formula is C7H12N2O. The fourth-order valence-electron chi connectivity index (χ4n) is 0.882. The Labute approximate surface area is 60.7 Å². The summed E-state index contributed by atoms with van der Waals surface area (Å²) in [7, 11) is 0. The van der Waals surface area contributed by atoms with E-state index >= 15 is 0 Å². The molecule has 0 fully saturated rings. The van der Waals surface area contributed by atoms with Crippen LogP contribution in [0.1, 0.15) is 20.3 Å². The third kappa shape index (κ3) is 1.56. The summed E-state index contributed by atoms with van der Waals surface area (Å²) in [4.78, 5) is 10.9. The quantitative estimate of drug-likeness (QED) is 0.560. The summed E-state index contributed by atoms with van der Waals surface area (Å²) in [6.45, 7) is 4.89. The van der Waals surface area contributed by atoms with Crippen molar-refractivity contribution in [2.24, 2.45) is 11.0 Å². The zero-order valence-corrected chi connectivity index (χ0v) is 6.37. The molecule has 1 heterocycles. The lowest BCUT2D eigenvalue weighted by Crippen LogP contribution is -2.24.